The van der Waals surface area contributed by atoms with Crippen LogP contribution in [0.5, 0.6) is 0 Å². The van der Waals surface area contributed by atoms with Crippen molar-refractivity contribution in [3.63, 3.8) is 0 Å². The fourth-order valence-electron chi connectivity index (χ4n) is 3.51. The van der Waals surface area contributed by atoms with Crippen molar-refractivity contribution in [3.8, 4) is 0 Å². The summed E-state index contributed by atoms with van der Waals surface area (Å²) in [4.78, 5) is 35.6. The molecule has 1 saturated heterocycles. The quantitative estimate of drug-likeness (QED) is 0.645. The van der Waals surface area contributed by atoms with E-state index in [4.69, 9.17) is 4.74 Å². The number of nitrogens with zero attached hydrogens (tertiary/aromatic N) is 5. The van der Waals surface area contributed by atoms with Crippen molar-refractivity contribution in [1.82, 2.24) is 29.8 Å². The minimum Gasteiger partial charge on any atom is -0.444 e. The molecule has 0 aliphatic carbocycles. The number of nitrogens with one attached hydrogen (secondary N) is 2. The summed E-state index contributed by atoms with van der Waals surface area (Å²) in [6.07, 6.45) is 2.69. The maximum absolute atomic E-state index is 13.0. The Bertz CT molecular complexity index is 1110. The van der Waals surface area contributed by atoms with E-state index in [0.717, 1.165) is 18.5 Å². The summed E-state index contributed by atoms with van der Waals surface area (Å²) in [5, 5.41) is 10.5. The molecule has 10 heteroatoms. The van der Waals surface area contributed by atoms with Gasteiger partial charge in [0.25, 0.3) is 5.91 Å². The zero-order chi connectivity index (χ0) is 22.7. The second-order valence-corrected chi connectivity index (χ2v) is 8.70. The van der Waals surface area contributed by atoms with Gasteiger partial charge in [-0.15, -0.1) is 5.10 Å². The Kier molecular flexibility index (Phi) is 5.93. The number of hydrogen-bond donors (Lipinski definition) is 2. The predicted molar refractivity (Wildman–Crippen MR) is 119 cm³/mol. The number of carbonyl (C=O) groups is 2. The van der Waals surface area contributed by atoms with Crippen LogP contribution in [0.25, 0.3) is 5.65 Å². The lowest BCUT2D eigenvalue weighted by atomic mass is 10.1. The molecule has 3 heterocycles. The maximum atomic E-state index is 13.0. The van der Waals surface area contributed by atoms with Crippen molar-refractivity contribution in [1.29, 1.82) is 0 Å². The molecule has 1 aliphatic rings. The summed E-state index contributed by atoms with van der Waals surface area (Å²) in [5.41, 5.74) is 0.778. The largest absolute Gasteiger partial charge is 0.444 e. The van der Waals surface area contributed by atoms with Gasteiger partial charge in [0.2, 0.25) is 11.8 Å². The first-order valence-corrected chi connectivity index (χ1v) is 10.6. The first-order valence-electron chi connectivity index (χ1n) is 10.6. The van der Waals surface area contributed by atoms with Gasteiger partial charge in [-0.1, -0.05) is 18.2 Å². The van der Waals surface area contributed by atoms with Crippen LogP contribution in [0.1, 0.15) is 44.2 Å². The van der Waals surface area contributed by atoms with Crippen LogP contribution in [0, 0.1) is 0 Å². The summed E-state index contributed by atoms with van der Waals surface area (Å²) >= 11 is 0. The molecule has 0 saturated carbocycles. The van der Waals surface area contributed by atoms with Gasteiger partial charge in [0.05, 0.1) is 0 Å². The van der Waals surface area contributed by atoms with E-state index in [9.17, 15) is 9.59 Å². The highest BCUT2D eigenvalue weighted by Gasteiger charge is 2.29. The van der Waals surface area contributed by atoms with Gasteiger partial charge in [-0.3, -0.25) is 4.79 Å². The van der Waals surface area contributed by atoms with Gasteiger partial charge in [0.15, 0.2) is 5.65 Å². The van der Waals surface area contributed by atoms with Crippen LogP contribution in [-0.4, -0.2) is 61.2 Å². The molecule has 0 radical (unpaired) electrons. The van der Waals surface area contributed by atoms with E-state index in [2.05, 4.69) is 25.7 Å². The lowest BCUT2D eigenvalue weighted by Crippen LogP contribution is -2.51. The molecule has 2 aromatic heterocycles. The highest BCUT2D eigenvalue weighted by molar-refractivity contribution is 5.91. The summed E-state index contributed by atoms with van der Waals surface area (Å²) in [6, 6.07) is 11.0. The van der Waals surface area contributed by atoms with E-state index >= 15 is 0 Å². The van der Waals surface area contributed by atoms with E-state index in [1.807, 2.05) is 51.1 Å². The third-order valence-corrected chi connectivity index (χ3v) is 4.89. The molecule has 1 aromatic carbocycles. The van der Waals surface area contributed by atoms with E-state index < -0.39 is 5.60 Å². The lowest BCUT2D eigenvalue weighted by molar-refractivity contribution is 0.0185. The highest BCUT2D eigenvalue weighted by atomic mass is 16.6. The fourth-order valence-corrected chi connectivity index (χ4v) is 3.51. The molecule has 3 aromatic rings. The number of aromatic nitrogens is 4. The zero-order valence-electron chi connectivity index (χ0n) is 18.4. The summed E-state index contributed by atoms with van der Waals surface area (Å²) < 4.78 is 6.87. The average molecular weight is 438 g/mol. The molecule has 32 heavy (non-hydrogen) atoms. The van der Waals surface area contributed by atoms with Crippen LogP contribution in [0.2, 0.25) is 0 Å². The molecule has 2 N–H and O–H groups in total. The van der Waals surface area contributed by atoms with Gasteiger partial charge in [-0.05, 0) is 45.7 Å². The normalized spacial score (nSPS) is 16.6. The van der Waals surface area contributed by atoms with Gasteiger partial charge < -0.3 is 20.3 Å². The molecule has 1 aliphatic heterocycles. The second-order valence-electron chi connectivity index (χ2n) is 8.70. The first kappa shape index (κ1) is 21.5. The first-order chi connectivity index (χ1) is 15.3. The molecular formula is C22H27N7O3. The van der Waals surface area contributed by atoms with E-state index in [0.29, 0.717) is 24.7 Å². The molecule has 0 spiro atoms. The zero-order valence-corrected chi connectivity index (χ0v) is 18.4. The molecule has 168 valence electrons. The van der Waals surface area contributed by atoms with Crippen LogP contribution >= 0.6 is 0 Å². The van der Waals surface area contributed by atoms with Crippen LogP contribution in [0.3, 0.4) is 0 Å². The van der Waals surface area contributed by atoms with Gasteiger partial charge in [0.1, 0.15) is 5.60 Å². The average Bonchev–Trinajstić information content (AvgIpc) is 3.15. The molecule has 4 rings (SSSR count). The molecule has 1 unspecified atom stereocenters. The SMILES string of the molecule is CC(C)(C)OC(=O)N1CCCC(NC(=O)c2nccc3nc(Nc4ccccc4)nn23)C1. The molecule has 0 bridgehead atoms. The number of rotatable bonds is 4. The van der Waals surface area contributed by atoms with Gasteiger partial charge >= 0.3 is 6.09 Å². The Labute approximate surface area is 186 Å². The van der Waals surface area contributed by atoms with E-state index in [-0.39, 0.29) is 23.9 Å². The van der Waals surface area contributed by atoms with Crippen molar-refractivity contribution < 1.29 is 14.3 Å². The molecular weight excluding hydrogens is 410 g/mol. The van der Waals surface area contributed by atoms with Crippen LogP contribution in [-0.2, 0) is 4.74 Å². The number of anilines is 2. The standard InChI is InChI=1S/C22H27N7O3/c1-22(2,3)32-21(31)28-13-7-10-16(14-28)24-19(30)18-23-12-11-17-26-20(27-29(17)18)25-15-8-5-4-6-9-15/h4-6,8-9,11-12,16H,7,10,13-14H2,1-3H3,(H,24,30)(H,25,27). The van der Waals surface area contributed by atoms with Crippen LogP contribution in [0.15, 0.2) is 42.6 Å². The smallest absolute Gasteiger partial charge is 0.410 e. The summed E-state index contributed by atoms with van der Waals surface area (Å²) in [5.74, 6) is 0.125. The number of amides is 2. The minimum absolute atomic E-state index is 0.130. The van der Waals surface area contributed by atoms with Crippen LogP contribution < -0.4 is 10.6 Å². The monoisotopic (exact) mass is 437 g/mol. The fraction of sp³-hybridized carbons (Fsp3) is 0.409. The molecule has 2 amide bonds. The van der Waals surface area contributed by atoms with Crippen molar-refractivity contribution in [2.45, 2.75) is 45.3 Å². The van der Waals surface area contributed by atoms with Crippen molar-refractivity contribution in [2.75, 3.05) is 18.4 Å². The van der Waals surface area contributed by atoms with Gasteiger partial charge in [0, 0.05) is 37.1 Å². The second kappa shape index (κ2) is 8.81. The Morgan fingerprint density at radius 3 is 2.69 bits per heavy atom. The van der Waals surface area contributed by atoms with Crippen molar-refractivity contribution in [3.05, 3.63) is 48.4 Å². The number of piperidine rings is 1. The molecule has 10 nitrogen and oxygen atoms in total. The Morgan fingerprint density at radius 1 is 1.16 bits per heavy atom. The topological polar surface area (TPSA) is 114 Å². The lowest BCUT2D eigenvalue weighted by Gasteiger charge is -2.34. The Hall–Kier alpha value is -3.69. The number of carbonyl (C=O) groups excluding carboxylic acids is 2. The number of hydrogen-bond acceptors (Lipinski definition) is 7. The number of para-hydroxylation sites is 1. The van der Waals surface area contributed by atoms with E-state index in [1.165, 1.54) is 10.7 Å². The minimum atomic E-state index is -0.564. The number of likely N-dealkylation sites (tertiary alicyclic amines) is 1. The molecule has 1 fully saturated rings. The summed E-state index contributed by atoms with van der Waals surface area (Å²) in [7, 11) is 0. The molecule has 1 atom stereocenters. The summed E-state index contributed by atoms with van der Waals surface area (Å²) in [6.45, 7) is 6.49. The third-order valence-electron chi connectivity index (χ3n) is 4.89. The highest BCUT2D eigenvalue weighted by Crippen LogP contribution is 2.17. The van der Waals surface area contributed by atoms with Crippen LogP contribution in [0.4, 0.5) is 16.4 Å². The van der Waals surface area contributed by atoms with Crippen molar-refractivity contribution >= 4 is 29.3 Å². The Balaban J connectivity index is 1.46. The number of ether oxygens (including phenoxy) is 1. The van der Waals surface area contributed by atoms with Gasteiger partial charge in [-0.2, -0.15) is 9.50 Å². The number of fused-ring (bicyclic) bond motifs is 1. The van der Waals surface area contributed by atoms with E-state index in [1.54, 1.807) is 11.0 Å². The Morgan fingerprint density at radius 2 is 1.94 bits per heavy atom. The third kappa shape index (κ3) is 5.13. The number of benzene rings is 1. The van der Waals surface area contributed by atoms with Gasteiger partial charge in [-0.25, -0.2) is 9.78 Å². The van der Waals surface area contributed by atoms with Crippen molar-refractivity contribution in [2.24, 2.45) is 0 Å². The maximum Gasteiger partial charge on any atom is 0.410 e. The predicted octanol–water partition coefficient (Wildman–Crippen LogP) is 3.00.